The summed E-state index contributed by atoms with van der Waals surface area (Å²) in [5.41, 5.74) is 10.8. The van der Waals surface area contributed by atoms with Crippen LogP contribution in [0.25, 0.3) is 0 Å². The zero-order chi connectivity index (χ0) is 29.4. The fraction of sp³-hybridized carbons (Fsp3) is 0.917. The first kappa shape index (κ1) is 40.1. The van der Waals surface area contributed by atoms with Gasteiger partial charge in [0.05, 0.1) is 0 Å². The zero-order valence-corrected chi connectivity index (χ0v) is 30.8. The molecule has 0 aliphatic heterocycles. The molecule has 222 valence electrons. The molecule has 2 aliphatic carbocycles. The average Bonchev–Trinajstić information content (AvgIpc) is 2.74. The molecule has 0 aromatic heterocycles. The maximum Gasteiger partial charge on any atom is 0.410 e. The lowest BCUT2D eigenvalue weighted by molar-refractivity contribution is 0.0183. The Bertz CT molecular complexity index is 618. The van der Waals surface area contributed by atoms with Crippen LogP contribution in [0.3, 0.4) is 0 Å². The van der Waals surface area contributed by atoms with Crippen LogP contribution in [0.15, 0.2) is 0 Å². The number of alkyl halides is 1. The normalized spacial score (nSPS) is 23.5. The van der Waals surface area contributed by atoms with E-state index in [0.29, 0.717) is 12.1 Å². The summed E-state index contributed by atoms with van der Waals surface area (Å²) in [6.45, 7) is 11.4. The molecule has 0 spiro atoms. The molecule has 0 heterocycles. The average molecular weight is 715 g/mol. The van der Waals surface area contributed by atoms with Crippen molar-refractivity contribution < 1.29 is 19.1 Å². The van der Waals surface area contributed by atoms with Crippen molar-refractivity contribution in [1.29, 1.82) is 0 Å². The van der Waals surface area contributed by atoms with Crippen molar-refractivity contribution in [2.24, 2.45) is 11.5 Å². The Hall–Kier alpha value is 0.910. The molecule has 2 aliphatic rings. The summed E-state index contributed by atoms with van der Waals surface area (Å²) in [6, 6.07) is 1.14. The van der Waals surface area contributed by atoms with Crippen molar-refractivity contribution in [3.8, 4) is 0 Å². The number of nitrogens with zero attached hydrogens (tertiary/aromatic N) is 1. The Balaban J connectivity index is 0. The van der Waals surface area contributed by atoms with E-state index in [9.17, 15) is 9.59 Å². The molecule has 3 atom stereocenters. The van der Waals surface area contributed by atoms with Crippen LogP contribution in [-0.2, 0) is 9.47 Å². The van der Waals surface area contributed by atoms with E-state index < -0.39 is 11.2 Å². The summed E-state index contributed by atoms with van der Waals surface area (Å²) in [6.07, 6.45) is 7.31. The number of hydrogen-bond acceptors (Lipinski definition) is 6. The van der Waals surface area contributed by atoms with Crippen LogP contribution >= 0.6 is 56.4 Å². The van der Waals surface area contributed by atoms with E-state index in [1.54, 1.807) is 4.90 Å². The molecule has 2 saturated carbocycles. The Labute approximate surface area is 248 Å². The van der Waals surface area contributed by atoms with Gasteiger partial charge in [0, 0.05) is 31.2 Å². The van der Waals surface area contributed by atoms with Crippen LogP contribution in [0.5, 0.6) is 0 Å². The third kappa shape index (κ3) is 24.4. The number of alkyl carbamates (subject to hydrolysis) is 1. The fourth-order valence-corrected chi connectivity index (χ4v) is 3.71. The lowest BCUT2D eigenvalue weighted by Crippen LogP contribution is -2.44. The van der Waals surface area contributed by atoms with Crippen molar-refractivity contribution in [3.63, 3.8) is 0 Å². The highest BCUT2D eigenvalue weighted by molar-refractivity contribution is 14.1. The van der Waals surface area contributed by atoms with Crippen LogP contribution in [-0.4, -0.2) is 64.4 Å². The van der Waals surface area contributed by atoms with Crippen molar-refractivity contribution >= 4 is 68.6 Å². The Kier molecular flexibility index (Phi) is 22.4. The van der Waals surface area contributed by atoms with E-state index in [-0.39, 0.29) is 31.3 Å². The number of carbonyl (C=O) groups is 2. The fourth-order valence-electron chi connectivity index (χ4n) is 3.71. The lowest BCUT2D eigenvalue weighted by atomic mass is 9.91. The van der Waals surface area contributed by atoms with Gasteiger partial charge in [0.1, 0.15) is 11.2 Å². The van der Waals surface area contributed by atoms with Gasteiger partial charge in [0.2, 0.25) is 0 Å². The number of rotatable bonds is 2. The zero-order valence-electron chi connectivity index (χ0n) is 24.3. The standard InChI is InChI=1S/C12H24N2O2.C11H22N2O2.CH3I.H6P4/c1-12(2,3)16-11(15)14(4)10-7-5-9(13)6-8-10;1-11(2,3)15-10(14)13-9-6-4-8(12)5-7-9;1-2;1-4(2)3/h9-10H,5-8,13H2,1-4H3;8-9H,4-7,12H2,1-3H3,(H,13,14);1H3;1-3H2. The smallest absolute Gasteiger partial charge is 0.410 e. The molecule has 37 heavy (non-hydrogen) atoms. The molecule has 0 aromatic rings. The third-order valence-electron chi connectivity index (χ3n) is 5.46. The summed E-state index contributed by atoms with van der Waals surface area (Å²) in [4.78, 5) is 26.9. The number of halogens is 1. The summed E-state index contributed by atoms with van der Waals surface area (Å²) in [5.74, 6) is 0. The van der Waals surface area contributed by atoms with Gasteiger partial charge in [0.25, 0.3) is 0 Å². The van der Waals surface area contributed by atoms with Crippen LogP contribution in [0.4, 0.5) is 9.59 Å². The number of hydrogen-bond donors (Lipinski definition) is 3. The predicted molar refractivity (Wildman–Crippen MR) is 180 cm³/mol. The largest absolute Gasteiger partial charge is 0.444 e. The van der Waals surface area contributed by atoms with E-state index in [1.165, 1.54) is 0 Å². The first-order valence-electron chi connectivity index (χ1n) is 12.8. The Morgan fingerprint density at radius 1 is 0.811 bits per heavy atom. The van der Waals surface area contributed by atoms with Crippen molar-refractivity contribution in [3.05, 3.63) is 0 Å². The second-order valence-electron chi connectivity index (χ2n) is 11.4. The molecular formula is C24H55IN4O4P4. The SMILES string of the molecule is CC(C)(C)OC(=O)NC1CCC(N)CC1.CI.CN(C(=O)OC(C)(C)C)C1CCC(N)CC1.PP(P)P. The minimum atomic E-state index is -0.421. The van der Waals surface area contributed by atoms with Crippen LogP contribution < -0.4 is 16.8 Å². The quantitative estimate of drug-likeness (QED) is 0.165. The second kappa shape index (κ2) is 20.7. The summed E-state index contributed by atoms with van der Waals surface area (Å²) in [7, 11) is 9.76. The number of ether oxygens (including phenoxy) is 2. The summed E-state index contributed by atoms with van der Waals surface area (Å²) >= 11 is 2.15. The van der Waals surface area contributed by atoms with Crippen LogP contribution in [0, 0.1) is 0 Å². The van der Waals surface area contributed by atoms with Gasteiger partial charge in [0.15, 0.2) is 0 Å². The van der Waals surface area contributed by atoms with E-state index in [0.717, 1.165) is 51.4 Å². The third-order valence-corrected chi connectivity index (χ3v) is 5.46. The van der Waals surface area contributed by atoms with Gasteiger partial charge < -0.3 is 31.2 Å². The maximum atomic E-state index is 11.8. The molecule has 0 saturated heterocycles. The first-order valence-corrected chi connectivity index (χ1v) is 21.1. The van der Waals surface area contributed by atoms with Gasteiger partial charge in [-0.25, -0.2) is 9.59 Å². The minimum absolute atomic E-state index is 0.130. The molecule has 2 rings (SSSR count). The minimum Gasteiger partial charge on any atom is -0.444 e. The van der Waals surface area contributed by atoms with Crippen LogP contribution in [0.2, 0.25) is 0 Å². The molecule has 8 nitrogen and oxygen atoms in total. The van der Waals surface area contributed by atoms with Gasteiger partial charge in [-0.3, -0.25) is 0 Å². The van der Waals surface area contributed by atoms with E-state index in [1.807, 2.05) is 53.5 Å². The van der Waals surface area contributed by atoms with E-state index >= 15 is 0 Å². The number of amides is 2. The lowest BCUT2D eigenvalue weighted by Gasteiger charge is -2.34. The highest BCUT2D eigenvalue weighted by Crippen LogP contribution is 2.59. The van der Waals surface area contributed by atoms with E-state index in [4.69, 9.17) is 20.9 Å². The molecule has 2 amide bonds. The van der Waals surface area contributed by atoms with Crippen molar-refractivity contribution in [2.75, 3.05) is 12.0 Å². The summed E-state index contributed by atoms with van der Waals surface area (Å²) in [5, 5.41) is 2.88. The Morgan fingerprint density at radius 3 is 1.51 bits per heavy atom. The van der Waals surface area contributed by atoms with Gasteiger partial charge in [-0.05, 0) is 105 Å². The Morgan fingerprint density at radius 2 is 1.16 bits per heavy atom. The van der Waals surface area contributed by atoms with Gasteiger partial charge in [-0.1, -0.05) is 22.6 Å². The monoisotopic (exact) mass is 714 g/mol. The van der Waals surface area contributed by atoms with Crippen molar-refractivity contribution in [2.45, 2.75) is 128 Å². The molecule has 0 radical (unpaired) electrons. The molecule has 2 fully saturated rings. The second-order valence-corrected chi connectivity index (χ2v) is 23.0. The highest BCUT2D eigenvalue weighted by Gasteiger charge is 2.28. The van der Waals surface area contributed by atoms with Gasteiger partial charge in [-0.2, -0.15) is 0 Å². The van der Waals surface area contributed by atoms with E-state index in [2.05, 4.69) is 54.7 Å². The summed E-state index contributed by atoms with van der Waals surface area (Å²) < 4.78 is 10.5. The molecule has 3 unspecified atom stereocenters. The molecule has 0 bridgehead atoms. The van der Waals surface area contributed by atoms with Crippen molar-refractivity contribution in [1.82, 2.24) is 10.2 Å². The first-order chi connectivity index (χ1) is 16.9. The molecular weight excluding hydrogens is 659 g/mol. The molecule has 5 N–H and O–H groups in total. The predicted octanol–water partition coefficient (Wildman–Crippen LogP) is 6.79. The highest BCUT2D eigenvalue weighted by atomic mass is 127. The topological polar surface area (TPSA) is 120 Å². The van der Waals surface area contributed by atoms with Crippen LogP contribution in [0.1, 0.15) is 92.9 Å². The number of nitrogens with two attached hydrogens (primary N) is 2. The van der Waals surface area contributed by atoms with Gasteiger partial charge >= 0.3 is 12.2 Å². The molecule has 0 aromatic carbocycles. The maximum absolute atomic E-state index is 11.8. The molecule has 13 heteroatoms. The number of carbonyl (C=O) groups excluding carboxylic acids is 2. The van der Waals surface area contributed by atoms with Gasteiger partial charge in [-0.15, -0.1) is 26.8 Å². The number of nitrogens with one attached hydrogen (secondary N) is 1.